The van der Waals surface area contributed by atoms with Gasteiger partial charge in [0, 0.05) is 18.4 Å². The molecule has 16 heavy (non-hydrogen) atoms. The third-order valence-corrected chi connectivity index (χ3v) is 2.96. The van der Waals surface area contributed by atoms with Crippen molar-refractivity contribution in [2.45, 2.75) is 38.5 Å². The molecule has 1 aromatic rings. The lowest BCUT2D eigenvalue weighted by Gasteiger charge is -2.02. The second-order valence-electron chi connectivity index (χ2n) is 4.52. The number of carbonyl (C=O) groups excluding carboxylic acids is 2. The van der Waals surface area contributed by atoms with Crippen molar-refractivity contribution in [2.75, 3.05) is 0 Å². The van der Waals surface area contributed by atoms with Gasteiger partial charge in [-0.3, -0.25) is 4.79 Å². The van der Waals surface area contributed by atoms with Gasteiger partial charge in [0.05, 0.1) is 0 Å². The Kier molecular flexibility index (Phi) is 3.18. The van der Waals surface area contributed by atoms with E-state index in [1.807, 2.05) is 18.2 Å². The van der Waals surface area contributed by atoms with Gasteiger partial charge in [0.25, 0.3) is 0 Å². The van der Waals surface area contributed by atoms with E-state index in [1.165, 1.54) is 25.3 Å². The summed E-state index contributed by atoms with van der Waals surface area (Å²) >= 11 is 0. The van der Waals surface area contributed by atoms with E-state index >= 15 is 0 Å². The van der Waals surface area contributed by atoms with Crippen molar-refractivity contribution in [1.82, 2.24) is 0 Å². The van der Waals surface area contributed by atoms with Crippen LogP contribution < -0.4 is 0 Å². The van der Waals surface area contributed by atoms with E-state index in [4.69, 9.17) is 0 Å². The maximum Gasteiger partial charge on any atom is 0.163 e. The molecule has 0 unspecified atom stereocenters. The van der Waals surface area contributed by atoms with Crippen molar-refractivity contribution >= 4 is 11.6 Å². The molecule has 2 nitrogen and oxygen atoms in total. The van der Waals surface area contributed by atoms with Gasteiger partial charge in [-0.15, -0.1) is 0 Å². The minimum absolute atomic E-state index is 0.0756. The van der Waals surface area contributed by atoms with Crippen LogP contribution in [0, 0.1) is 0 Å². The highest BCUT2D eigenvalue weighted by atomic mass is 16.1. The van der Waals surface area contributed by atoms with Crippen LogP contribution in [0.3, 0.4) is 0 Å². The normalized spacial score (nSPS) is 14.8. The zero-order valence-electron chi connectivity index (χ0n) is 9.53. The van der Waals surface area contributed by atoms with Crippen LogP contribution in [0.2, 0.25) is 0 Å². The molecule has 0 amide bonds. The first-order valence-corrected chi connectivity index (χ1v) is 5.79. The van der Waals surface area contributed by atoms with Crippen LogP contribution >= 0.6 is 0 Å². The molecule has 2 rings (SSSR count). The molecular weight excluding hydrogens is 200 g/mol. The Hall–Kier alpha value is -1.44. The average Bonchev–Trinajstić information content (AvgIpc) is 3.10. The van der Waals surface area contributed by atoms with E-state index in [0.29, 0.717) is 18.8 Å². The van der Waals surface area contributed by atoms with Crippen LogP contribution in [0.5, 0.6) is 0 Å². The Bertz CT molecular complexity index is 416. The van der Waals surface area contributed by atoms with Crippen LogP contribution in [0.25, 0.3) is 0 Å². The van der Waals surface area contributed by atoms with Gasteiger partial charge in [0.1, 0.15) is 5.78 Å². The van der Waals surface area contributed by atoms with Crippen molar-refractivity contribution in [3.8, 4) is 0 Å². The Morgan fingerprint density at radius 3 is 2.62 bits per heavy atom. The first-order valence-electron chi connectivity index (χ1n) is 5.79. The van der Waals surface area contributed by atoms with Gasteiger partial charge in [-0.05, 0) is 37.3 Å². The molecule has 84 valence electrons. The summed E-state index contributed by atoms with van der Waals surface area (Å²) in [5.41, 5.74) is 2.03. The van der Waals surface area contributed by atoms with Crippen LogP contribution in [0.15, 0.2) is 24.3 Å². The lowest BCUT2D eigenvalue weighted by atomic mass is 10.0. The first-order chi connectivity index (χ1) is 7.66. The molecule has 0 aliphatic heterocycles. The summed E-state index contributed by atoms with van der Waals surface area (Å²) in [6.45, 7) is 1.52. The van der Waals surface area contributed by atoms with Gasteiger partial charge in [-0.1, -0.05) is 18.2 Å². The number of hydrogen-bond acceptors (Lipinski definition) is 2. The van der Waals surface area contributed by atoms with Crippen molar-refractivity contribution in [3.63, 3.8) is 0 Å². The van der Waals surface area contributed by atoms with Crippen LogP contribution in [-0.2, 0) is 4.79 Å². The number of Topliss-reactive ketones (excluding diaryl/α,β-unsaturated/α-hetero) is 2. The lowest BCUT2D eigenvalue weighted by molar-refractivity contribution is -0.116. The number of benzene rings is 1. The molecule has 1 saturated carbocycles. The topological polar surface area (TPSA) is 34.1 Å². The summed E-state index contributed by atoms with van der Waals surface area (Å²) in [6.07, 6.45) is 3.17. The van der Waals surface area contributed by atoms with Crippen LogP contribution in [-0.4, -0.2) is 11.6 Å². The lowest BCUT2D eigenvalue weighted by Crippen LogP contribution is -2.02. The van der Waals surface area contributed by atoms with Gasteiger partial charge < -0.3 is 4.79 Å². The number of ketones is 2. The summed E-state index contributed by atoms with van der Waals surface area (Å²) in [6, 6.07) is 7.85. The molecule has 0 aromatic heterocycles. The molecule has 1 aliphatic carbocycles. The van der Waals surface area contributed by atoms with Gasteiger partial charge >= 0.3 is 0 Å². The first kappa shape index (κ1) is 11.1. The number of hydrogen-bond donors (Lipinski definition) is 0. The second kappa shape index (κ2) is 4.60. The molecule has 1 aliphatic rings. The molecule has 0 bridgehead atoms. The summed E-state index contributed by atoms with van der Waals surface area (Å²) in [5, 5.41) is 0. The Labute approximate surface area is 95.7 Å². The molecule has 1 fully saturated rings. The van der Waals surface area contributed by atoms with Crippen molar-refractivity contribution < 1.29 is 9.59 Å². The van der Waals surface area contributed by atoms with Gasteiger partial charge in [0.2, 0.25) is 0 Å². The molecule has 0 heterocycles. The van der Waals surface area contributed by atoms with Gasteiger partial charge in [-0.25, -0.2) is 0 Å². The largest absolute Gasteiger partial charge is 0.300 e. The molecule has 2 heteroatoms. The maximum absolute atomic E-state index is 11.8. The third-order valence-electron chi connectivity index (χ3n) is 2.96. The Morgan fingerprint density at radius 1 is 1.25 bits per heavy atom. The van der Waals surface area contributed by atoms with Crippen LogP contribution in [0.4, 0.5) is 0 Å². The van der Waals surface area contributed by atoms with E-state index in [2.05, 4.69) is 6.07 Å². The molecule has 0 atom stereocenters. The third kappa shape index (κ3) is 2.78. The fourth-order valence-corrected chi connectivity index (χ4v) is 1.82. The second-order valence-corrected chi connectivity index (χ2v) is 4.52. The molecule has 0 saturated heterocycles. The zero-order chi connectivity index (χ0) is 11.5. The predicted molar refractivity (Wildman–Crippen MR) is 62.7 cm³/mol. The highest BCUT2D eigenvalue weighted by molar-refractivity contribution is 5.98. The molecule has 0 radical (unpaired) electrons. The SMILES string of the molecule is CC(=O)CCC(=O)c1cccc(C2CC2)c1. The standard InChI is InChI=1S/C14H16O2/c1-10(15)5-8-14(16)13-4-2-3-12(9-13)11-6-7-11/h2-4,9,11H,5-8H2,1H3. The predicted octanol–water partition coefficient (Wildman–Crippen LogP) is 3.12. The van der Waals surface area contributed by atoms with Gasteiger partial charge in [0.15, 0.2) is 5.78 Å². The van der Waals surface area contributed by atoms with E-state index in [0.717, 1.165) is 5.56 Å². The van der Waals surface area contributed by atoms with Crippen molar-refractivity contribution in [3.05, 3.63) is 35.4 Å². The quantitative estimate of drug-likeness (QED) is 0.709. The van der Waals surface area contributed by atoms with E-state index in [-0.39, 0.29) is 11.6 Å². The molecular formula is C14H16O2. The van der Waals surface area contributed by atoms with E-state index in [1.54, 1.807) is 0 Å². The molecule has 0 N–H and O–H groups in total. The molecule has 1 aromatic carbocycles. The van der Waals surface area contributed by atoms with Crippen molar-refractivity contribution in [1.29, 1.82) is 0 Å². The van der Waals surface area contributed by atoms with Crippen LogP contribution in [0.1, 0.15) is 54.4 Å². The Morgan fingerprint density at radius 2 is 2.00 bits per heavy atom. The van der Waals surface area contributed by atoms with E-state index < -0.39 is 0 Å². The maximum atomic E-state index is 11.8. The fraction of sp³-hybridized carbons (Fsp3) is 0.429. The number of rotatable bonds is 5. The Balaban J connectivity index is 2.04. The zero-order valence-corrected chi connectivity index (χ0v) is 9.53. The van der Waals surface area contributed by atoms with Gasteiger partial charge in [-0.2, -0.15) is 0 Å². The smallest absolute Gasteiger partial charge is 0.163 e. The summed E-state index contributed by atoms with van der Waals surface area (Å²) in [5.74, 6) is 0.824. The monoisotopic (exact) mass is 216 g/mol. The minimum Gasteiger partial charge on any atom is -0.300 e. The minimum atomic E-state index is 0.0756. The summed E-state index contributed by atoms with van der Waals surface area (Å²) < 4.78 is 0. The highest BCUT2D eigenvalue weighted by Crippen LogP contribution is 2.40. The average molecular weight is 216 g/mol. The van der Waals surface area contributed by atoms with Crippen molar-refractivity contribution in [2.24, 2.45) is 0 Å². The summed E-state index contributed by atoms with van der Waals surface area (Å²) in [7, 11) is 0. The summed E-state index contributed by atoms with van der Waals surface area (Å²) in [4.78, 5) is 22.6. The molecule has 0 spiro atoms. The van der Waals surface area contributed by atoms with E-state index in [9.17, 15) is 9.59 Å². The highest BCUT2D eigenvalue weighted by Gasteiger charge is 2.23. The fourth-order valence-electron chi connectivity index (χ4n) is 1.82. The number of carbonyl (C=O) groups is 2.